The largest absolute Gasteiger partial charge is 0.494 e. The van der Waals surface area contributed by atoms with Gasteiger partial charge >= 0.3 is 0 Å². The van der Waals surface area contributed by atoms with Gasteiger partial charge in [-0.05, 0) is 48.9 Å². The summed E-state index contributed by atoms with van der Waals surface area (Å²) in [6.07, 6.45) is 3.34. The molecule has 0 spiro atoms. The summed E-state index contributed by atoms with van der Waals surface area (Å²) >= 11 is 0. The number of rotatable bonds is 8. The third-order valence-electron chi connectivity index (χ3n) is 3.57. The first kappa shape index (κ1) is 18.5. The van der Waals surface area contributed by atoms with Crippen LogP contribution < -0.4 is 15.4 Å². The van der Waals surface area contributed by atoms with E-state index in [-0.39, 0.29) is 11.8 Å². The number of anilines is 2. The van der Waals surface area contributed by atoms with Crippen LogP contribution in [0.4, 0.5) is 11.4 Å². The van der Waals surface area contributed by atoms with Crippen LogP contribution in [0.15, 0.2) is 48.5 Å². The number of hydrogen-bond donors (Lipinski definition) is 2. The summed E-state index contributed by atoms with van der Waals surface area (Å²) in [5, 5.41) is 5.51. The van der Waals surface area contributed by atoms with Gasteiger partial charge in [0.2, 0.25) is 5.91 Å². The highest BCUT2D eigenvalue weighted by Crippen LogP contribution is 2.17. The van der Waals surface area contributed by atoms with Crippen molar-refractivity contribution in [1.82, 2.24) is 0 Å². The highest BCUT2D eigenvalue weighted by atomic mass is 16.5. The first-order valence-corrected chi connectivity index (χ1v) is 8.50. The molecular weight excluding hydrogens is 316 g/mol. The van der Waals surface area contributed by atoms with E-state index in [4.69, 9.17) is 4.74 Å². The molecule has 0 atom stereocenters. The van der Waals surface area contributed by atoms with Crippen molar-refractivity contribution in [2.75, 3.05) is 17.2 Å². The first-order valence-electron chi connectivity index (χ1n) is 8.50. The van der Waals surface area contributed by atoms with Crippen LogP contribution in [0.25, 0.3) is 0 Å². The van der Waals surface area contributed by atoms with Gasteiger partial charge in [-0.3, -0.25) is 9.59 Å². The van der Waals surface area contributed by atoms with Gasteiger partial charge in [0.25, 0.3) is 5.91 Å². The zero-order valence-corrected chi connectivity index (χ0v) is 14.7. The highest BCUT2D eigenvalue weighted by molar-refractivity contribution is 6.04. The molecule has 2 aromatic rings. The molecule has 25 heavy (non-hydrogen) atoms. The summed E-state index contributed by atoms with van der Waals surface area (Å²) in [5.74, 6) is 0.399. The first-order chi connectivity index (χ1) is 12.1. The summed E-state index contributed by atoms with van der Waals surface area (Å²) in [7, 11) is 0. The van der Waals surface area contributed by atoms with Gasteiger partial charge in [-0.2, -0.15) is 0 Å². The van der Waals surface area contributed by atoms with Gasteiger partial charge in [-0.15, -0.1) is 0 Å². The van der Waals surface area contributed by atoms with Gasteiger partial charge in [0.05, 0.1) is 6.61 Å². The Labute approximate surface area is 148 Å². The van der Waals surface area contributed by atoms with Gasteiger partial charge in [-0.25, -0.2) is 0 Å². The Morgan fingerprint density at radius 2 is 1.64 bits per heavy atom. The molecule has 2 aromatic carbocycles. The van der Waals surface area contributed by atoms with Crippen molar-refractivity contribution in [2.24, 2.45) is 0 Å². The molecule has 2 N–H and O–H groups in total. The SMILES string of the molecule is CCCCCOc1ccc(C(=O)Nc2cccc(NC(C)=O)c2)cc1. The predicted molar refractivity (Wildman–Crippen MR) is 100 cm³/mol. The van der Waals surface area contributed by atoms with E-state index in [1.807, 2.05) is 0 Å². The van der Waals surface area contributed by atoms with E-state index in [0.717, 1.165) is 25.0 Å². The molecule has 0 aliphatic heterocycles. The van der Waals surface area contributed by atoms with Crippen molar-refractivity contribution in [3.63, 3.8) is 0 Å². The maximum atomic E-state index is 12.3. The average Bonchev–Trinajstić information content (AvgIpc) is 2.59. The van der Waals surface area contributed by atoms with Crippen molar-refractivity contribution < 1.29 is 14.3 Å². The molecule has 0 fully saturated rings. The van der Waals surface area contributed by atoms with Crippen LogP contribution in [-0.2, 0) is 4.79 Å². The van der Waals surface area contributed by atoms with Gasteiger partial charge in [-0.1, -0.05) is 25.8 Å². The number of nitrogens with one attached hydrogen (secondary N) is 2. The lowest BCUT2D eigenvalue weighted by atomic mass is 10.2. The molecule has 132 valence electrons. The molecule has 5 heteroatoms. The van der Waals surface area contributed by atoms with Crippen LogP contribution in [0.5, 0.6) is 5.75 Å². The van der Waals surface area contributed by atoms with Crippen molar-refractivity contribution in [3.05, 3.63) is 54.1 Å². The highest BCUT2D eigenvalue weighted by Gasteiger charge is 2.07. The molecule has 0 heterocycles. The Hall–Kier alpha value is -2.82. The van der Waals surface area contributed by atoms with Crippen molar-refractivity contribution >= 4 is 23.2 Å². The molecule has 2 rings (SSSR count). The summed E-state index contributed by atoms with van der Waals surface area (Å²) in [6.45, 7) is 4.28. The summed E-state index contributed by atoms with van der Waals surface area (Å²) in [5.41, 5.74) is 1.81. The number of ether oxygens (including phenoxy) is 1. The van der Waals surface area contributed by atoms with E-state index in [1.165, 1.54) is 6.92 Å². The minimum absolute atomic E-state index is 0.155. The van der Waals surface area contributed by atoms with Gasteiger partial charge in [0.1, 0.15) is 5.75 Å². The van der Waals surface area contributed by atoms with Crippen LogP contribution >= 0.6 is 0 Å². The standard InChI is InChI=1S/C20H24N2O3/c1-3-4-5-13-25-19-11-9-16(10-12-19)20(24)22-18-8-6-7-17(14-18)21-15(2)23/h6-12,14H,3-5,13H2,1-2H3,(H,21,23)(H,22,24). The predicted octanol–water partition coefficient (Wildman–Crippen LogP) is 4.47. The fourth-order valence-corrected chi connectivity index (χ4v) is 2.33. The summed E-state index contributed by atoms with van der Waals surface area (Å²) in [6, 6.07) is 14.1. The number of hydrogen-bond acceptors (Lipinski definition) is 3. The number of amides is 2. The molecule has 0 radical (unpaired) electrons. The Balaban J connectivity index is 1.93. The van der Waals surface area contributed by atoms with Crippen LogP contribution in [0.1, 0.15) is 43.5 Å². The van der Waals surface area contributed by atoms with Crippen molar-refractivity contribution in [2.45, 2.75) is 33.1 Å². The normalized spacial score (nSPS) is 10.2. The third kappa shape index (κ3) is 6.30. The molecule has 0 unspecified atom stereocenters. The van der Waals surface area contributed by atoms with Gasteiger partial charge < -0.3 is 15.4 Å². The molecular formula is C20H24N2O3. The van der Waals surface area contributed by atoms with Crippen LogP contribution in [-0.4, -0.2) is 18.4 Å². The molecule has 0 aliphatic rings. The second-order valence-corrected chi connectivity index (χ2v) is 5.80. The van der Waals surface area contributed by atoms with Gasteiger partial charge in [0, 0.05) is 23.9 Å². The molecule has 0 bridgehead atoms. The van der Waals surface area contributed by atoms with E-state index < -0.39 is 0 Å². The minimum atomic E-state index is -0.211. The number of benzene rings is 2. The molecule has 0 aromatic heterocycles. The molecule has 2 amide bonds. The van der Waals surface area contributed by atoms with E-state index in [0.29, 0.717) is 23.5 Å². The molecule has 0 saturated heterocycles. The minimum Gasteiger partial charge on any atom is -0.494 e. The lowest BCUT2D eigenvalue weighted by Gasteiger charge is -2.09. The smallest absolute Gasteiger partial charge is 0.255 e. The average molecular weight is 340 g/mol. The Morgan fingerprint density at radius 1 is 0.960 bits per heavy atom. The number of unbranched alkanes of at least 4 members (excludes halogenated alkanes) is 2. The topological polar surface area (TPSA) is 67.4 Å². The molecule has 0 aliphatic carbocycles. The number of carbonyl (C=O) groups is 2. The Morgan fingerprint density at radius 3 is 2.28 bits per heavy atom. The van der Waals surface area contributed by atoms with Crippen LogP contribution in [0, 0.1) is 0 Å². The monoisotopic (exact) mass is 340 g/mol. The quantitative estimate of drug-likeness (QED) is 0.697. The van der Waals surface area contributed by atoms with E-state index >= 15 is 0 Å². The van der Waals surface area contributed by atoms with Gasteiger partial charge in [0.15, 0.2) is 0 Å². The van der Waals surface area contributed by atoms with E-state index in [2.05, 4.69) is 17.6 Å². The maximum Gasteiger partial charge on any atom is 0.255 e. The lowest BCUT2D eigenvalue weighted by molar-refractivity contribution is -0.114. The van der Waals surface area contributed by atoms with Crippen LogP contribution in [0.3, 0.4) is 0 Å². The van der Waals surface area contributed by atoms with E-state index in [1.54, 1.807) is 48.5 Å². The summed E-state index contributed by atoms with van der Waals surface area (Å²) < 4.78 is 5.64. The number of carbonyl (C=O) groups excluding carboxylic acids is 2. The Kier molecular flexibility index (Phi) is 7.01. The lowest BCUT2D eigenvalue weighted by Crippen LogP contribution is -2.12. The van der Waals surface area contributed by atoms with Crippen LogP contribution in [0.2, 0.25) is 0 Å². The zero-order chi connectivity index (χ0) is 18.1. The van der Waals surface area contributed by atoms with Crippen molar-refractivity contribution in [3.8, 4) is 5.75 Å². The fraction of sp³-hybridized carbons (Fsp3) is 0.300. The molecule has 5 nitrogen and oxygen atoms in total. The fourth-order valence-electron chi connectivity index (χ4n) is 2.33. The summed E-state index contributed by atoms with van der Waals surface area (Å²) in [4.78, 5) is 23.4. The second-order valence-electron chi connectivity index (χ2n) is 5.80. The zero-order valence-electron chi connectivity index (χ0n) is 14.7. The van der Waals surface area contributed by atoms with E-state index in [9.17, 15) is 9.59 Å². The third-order valence-corrected chi connectivity index (χ3v) is 3.57. The Bertz CT molecular complexity index is 711. The molecule has 0 saturated carbocycles. The second kappa shape index (κ2) is 9.47. The maximum absolute atomic E-state index is 12.3. The van der Waals surface area contributed by atoms with Crippen molar-refractivity contribution in [1.29, 1.82) is 0 Å².